The molecule has 32 heavy (non-hydrogen) atoms. The molecule has 1 aliphatic carbocycles. The van der Waals surface area contributed by atoms with Crippen molar-refractivity contribution in [3.05, 3.63) is 34.5 Å². The summed E-state index contributed by atoms with van der Waals surface area (Å²) in [6, 6.07) is 3.61. The van der Waals surface area contributed by atoms with E-state index in [9.17, 15) is 4.79 Å². The lowest BCUT2D eigenvalue weighted by Gasteiger charge is -2.18. The monoisotopic (exact) mass is 454 g/mol. The average Bonchev–Trinajstić information content (AvgIpc) is 3.15. The second-order valence-corrected chi connectivity index (χ2v) is 9.18. The maximum Gasteiger partial charge on any atom is 0.209 e. The number of nitrogen functional groups attached to an aromatic ring is 1. The van der Waals surface area contributed by atoms with Gasteiger partial charge in [-0.15, -0.1) is 11.3 Å². The van der Waals surface area contributed by atoms with Crippen LogP contribution >= 0.6 is 11.3 Å². The zero-order chi connectivity index (χ0) is 23.3. The predicted molar refractivity (Wildman–Crippen MR) is 132 cm³/mol. The normalized spacial score (nSPS) is 12.5. The molecule has 0 fully saturated rings. The minimum Gasteiger partial charge on any atom is -0.489 e. The Morgan fingerprint density at radius 1 is 1.25 bits per heavy atom. The fourth-order valence-electron chi connectivity index (χ4n) is 3.50. The molecule has 0 saturated carbocycles. The van der Waals surface area contributed by atoms with E-state index in [1.54, 1.807) is 37.8 Å². The molecule has 170 valence electrons. The van der Waals surface area contributed by atoms with Gasteiger partial charge in [-0.3, -0.25) is 4.79 Å². The van der Waals surface area contributed by atoms with E-state index in [1.807, 2.05) is 19.9 Å². The Morgan fingerprint density at radius 2 is 1.97 bits per heavy atom. The summed E-state index contributed by atoms with van der Waals surface area (Å²) in [5, 5.41) is 12.1. The molecule has 1 amide bonds. The van der Waals surface area contributed by atoms with Gasteiger partial charge < -0.3 is 26.1 Å². The first-order valence-corrected chi connectivity index (χ1v) is 11.4. The zero-order valence-electron chi connectivity index (χ0n) is 18.9. The van der Waals surface area contributed by atoms with E-state index in [-0.39, 0.29) is 6.10 Å². The Bertz CT molecular complexity index is 1110. The number of thiophene rings is 1. The molecule has 0 saturated heterocycles. The summed E-state index contributed by atoms with van der Waals surface area (Å²) in [5.74, 6) is 1.44. The van der Waals surface area contributed by atoms with Gasteiger partial charge in [0.15, 0.2) is 0 Å². The number of nitrogens with one attached hydrogen (secondary N) is 2. The van der Waals surface area contributed by atoms with Crippen molar-refractivity contribution in [3.8, 4) is 5.75 Å². The van der Waals surface area contributed by atoms with Crippen LogP contribution in [0.2, 0.25) is 0 Å². The molecule has 9 heteroatoms. The van der Waals surface area contributed by atoms with Gasteiger partial charge in [0.05, 0.1) is 17.2 Å². The average molecular weight is 455 g/mol. The first-order valence-electron chi connectivity index (χ1n) is 10.6. The first kappa shape index (κ1) is 23.5. The molecule has 4 N–H and O–H groups in total. The van der Waals surface area contributed by atoms with E-state index in [1.165, 1.54) is 34.4 Å². The number of nitrogens with two attached hydrogens (primary N) is 1. The predicted octanol–water partition coefficient (Wildman–Crippen LogP) is 4.39. The third kappa shape index (κ3) is 5.34. The largest absolute Gasteiger partial charge is 0.489 e. The van der Waals surface area contributed by atoms with E-state index in [0.717, 1.165) is 41.0 Å². The summed E-state index contributed by atoms with van der Waals surface area (Å²) in [6.45, 7) is 3.95. The van der Waals surface area contributed by atoms with Crippen molar-refractivity contribution in [1.82, 2.24) is 14.9 Å². The van der Waals surface area contributed by atoms with Crippen LogP contribution in [0.15, 0.2) is 18.5 Å². The third-order valence-electron chi connectivity index (χ3n) is 4.92. The number of amides is 1. The lowest BCUT2D eigenvalue weighted by atomic mass is 9.97. The van der Waals surface area contributed by atoms with Gasteiger partial charge in [-0.1, -0.05) is 0 Å². The molecule has 0 unspecified atom stereocenters. The number of carbonyl (C=O) groups is 1. The van der Waals surface area contributed by atoms with Gasteiger partial charge in [0, 0.05) is 42.5 Å². The summed E-state index contributed by atoms with van der Waals surface area (Å²) in [7, 11) is 3.38. The molecule has 2 heterocycles. The Morgan fingerprint density at radius 3 is 2.62 bits per heavy atom. The number of nitrogens with zero attached hydrogens (tertiary/aromatic N) is 3. The molecule has 0 radical (unpaired) electrons. The zero-order valence-corrected chi connectivity index (χ0v) is 19.8. The summed E-state index contributed by atoms with van der Waals surface area (Å²) >= 11 is 1.77. The molecule has 1 aromatic carbocycles. The maximum absolute atomic E-state index is 9.43. The summed E-state index contributed by atoms with van der Waals surface area (Å²) in [5.41, 5.74) is 9.35. The highest BCUT2D eigenvalue weighted by Gasteiger charge is 2.21. The highest BCUT2D eigenvalue weighted by atomic mass is 32.1. The van der Waals surface area contributed by atoms with E-state index in [0.29, 0.717) is 17.0 Å². The lowest BCUT2D eigenvalue weighted by molar-refractivity contribution is -0.115. The number of benzene rings is 1. The Kier molecular flexibility index (Phi) is 7.63. The standard InChI is InChI=1S/C20H23N5OS.C3H7NO/c1-11(2)26-16-8-14(22)12(9-21)7-15(16)25-19-18-13-5-3-4-6-17(13)27-20(18)24-10-23-19;1-4(2)3-5/h7-11,21H,3-6,22H2,1-2H3,(H,23,24,25);3H,1-2H3. The molecule has 0 aliphatic heterocycles. The van der Waals surface area contributed by atoms with Gasteiger partial charge in [-0.05, 0) is 51.2 Å². The lowest BCUT2D eigenvalue weighted by Crippen LogP contribution is -2.09. The quantitative estimate of drug-likeness (QED) is 0.289. The van der Waals surface area contributed by atoms with Crippen LogP contribution in [-0.2, 0) is 17.6 Å². The number of hydrogen-bond acceptors (Lipinski definition) is 8. The summed E-state index contributed by atoms with van der Waals surface area (Å²) < 4.78 is 5.95. The van der Waals surface area contributed by atoms with E-state index in [4.69, 9.17) is 15.9 Å². The van der Waals surface area contributed by atoms with Crippen LogP contribution in [0.3, 0.4) is 0 Å². The molecular formula is C23H30N6O2S. The van der Waals surface area contributed by atoms with Gasteiger partial charge in [-0.25, -0.2) is 9.97 Å². The number of aryl methyl sites for hydroxylation is 2. The van der Waals surface area contributed by atoms with Gasteiger partial charge in [0.2, 0.25) is 6.41 Å². The van der Waals surface area contributed by atoms with Crippen molar-refractivity contribution in [3.63, 3.8) is 0 Å². The number of ether oxygens (including phenoxy) is 1. The number of fused-ring (bicyclic) bond motifs is 3. The van der Waals surface area contributed by atoms with Gasteiger partial charge in [0.25, 0.3) is 0 Å². The SMILES string of the molecule is CC(C)Oc1cc(N)c(C=N)cc1Nc1ncnc2sc3c(c12)CCCC3.CN(C)C=O. The minimum absolute atomic E-state index is 0.00936. The Balaban J connectivity index is 0.000000523. The fourth-order valence-corrected chi connectivity index (χ4v) is 4.73. The molecule has 0 spiro atoms. The van der Waals surface area contributed by atoms with Crippen molar-refractivity contribution in [2.75, 3.05) is 25.1 Å². The smallest absolute Gasteiger partial charge is 0.209 e. The molecule has 2 aromatic heterocycles. The minimum atomic E-state index is 0.00936. The van der Waals surface area contributed by atoms with Crippen molar-refractivity contribution in [1.29, 1.82) is 5.41 Å². The van der Waals surface area contributed by atoms with Crippen molar-refractivity contribution in [2.24, 2.45) is 0 Å². The molecule has 8 nitrogen and oxygen atoms in total. The number of aromatic nitrogens is 2. The number of anilines is 3. The first-order chi connectivity index (χ1) is 15.3. The van der Waals surface area contributed by atoms with E-state index >= 15 is 0 Å². The molecule has 0 bridgehead atoms. The van der Waals surface area contributed by atoms with Crippen molar-refractivity contribution < 1.29 is 9.53 Å². The highest BCUT2D eigenvalue weighted by Crippen LogP contribution is 2.40. The van der Waals surface area contributed by atoms with Crippen molar-refractivity contribution in [2.45, 2.75) is 45.6 Å². The van der Waals surface area contributed by atoms with Crippen LogP contribution in [0.25, 0.3) is 10.2 Å². The Hall–Kier alpha value is -3.20. The third-order valence-corrected chi connectivity index (χ3v) is 6.12. The van der Waals surface area contributed by atoms with Gasteiger partial charge >= 0.3 is 0 Å². The topological polar surface area (TPSA) is 117 Å². The molecular weight excluding hydrogens is 424 g/mol. The van der Waals surface area contributed by atoms with Crippen LogP contribution in [0.1, 0.15) is 42.7 Å². The van der Waals surface area contributed by atoms with Crippen LogP contribution in [-0.4, -0.2) is 47.7 Å². The second-order valence-electron chi connectivity index (χ2n) is 8.10. The van der Waals surface area contributed by atoms with Crippen LogP contribution < -0.4 is 15.8 Å². The fraction of sp³-hybridized carbons (Fsp3) is 0.391. The molecule has 1 aliphatic rings. The molecule has 0 atom stereocenters. The van der Waals surface area contributed by atoms with Crippen LogP contribution in [0, 0.1) is 5.41 Å². The summed E-state index contributed by atoms with van der Waals surface area (Å²) in [6.07, 6.45) is 8.25. The molecule has 4 rings (SSSR count). The van der Waals surface area contributed by atoms with Crippen LogP contribution in [0.5, 0.6) is 5.75 Å². The van der Waals surface area contributed by atoms with Crippen molar-refractivity contribution >= 4 is 51.4 Å². The van der Waals surface area contributed by atoms with Crippen LogP contribution in [0.4, 0.5) is 17.2 Å². The molecule has 3 aromatic rings. The van der Waals surface area contributed by atoms with Gasteiger partial charge in [-0.2, -0.15) is 0 Å². The highest BCUT2D eigenvalue weighted by molar-refractivity contribution is 7.19. The number of rotatable bonds is 6. The second kappa shape index (κ2) is 10.4. The van der Waals surface area contributed by atoms with E-state index in [2.05, 4.69) is 15.3 Å². The summed E-state index contributed by atoms with van der Waals surface area (Å²) in [4.78, 5) is 22.3. The number of carbonyl (C=O) groups excluding carboxylic acids is 1. The van der Waals surface area contributed by atoms with Gasteiger partial charge in [0.1, 0.15) is 22.7 Å². The maximum atomic E-state index is 9.43. The Labute approximate surface area is 192 Å². The van der Waals surface area contributed by atoms with E-state index < -0.39 is 0 Å². The number of hydrogen-bond donors (Lipinski definition) is 3.